The molecule has 3 N–H and O–H groups in total. The Morgan fingerprint density at radius 1 is 1.61 bits per heavy atom. The van der Waals surface area contributed by atoms with Crippen LogP contribution in [-0.4, -0.2) is 57.0 Å². The van der Waals surface area contributed by atoms with Gasteiger partial charge in [0.1, 0.15) is 11.4 Å². The molecule has 2 aliphatic rings. The highest BCUT2D eigenvalue weighted by Crippen LogP contribution is 2.44. The van der Waals surface area contributed by atoms with E-state index in [0.717, 1.165) is 0 Å². The van der Waals surface area contributed by atoms with Crippen LogP contribution in [-0.2, 0) is 19.2 Å². The third-order valence-corrected chi connectivity index (χ3v) is 4.29. The predicted octanol–water partition coefficient (Wildman–Crippen LogP) is -2.07. The van der Waals surface area contributed by atoms with Crippen molar-refractivity contribution in [1.82, 2.24) is 15.5 Å². The molecule has 9 heteroatoms. The van der Waals surface area contributed by atoms with Gasteiger partial charge in [-0.2, -0.15) is 0 Å². The summed E-state index contributed by atoms with van der Waals surface area (Å²) < 4.78 is 0. The molecule has 2 heterocycles. The van der Waals surface area contributed by atoms with Crippen LogP contribution in [0.15, 0.2) is 0 Å². The molecule has 0 aromatic carbocycles. The van der Waals surface area contributed by atoms with E-state index >= 15 is 0 Å². The average molecular weight is 273 g/mol. The molecule has 2 aliphatic heterocycles. The van der Waals surface area contributed by atoms with Crippen molar-refractivity contribution in [1.29, 1.82) is 0 Å². The third kappa shape index (κ3) is 1.54. The van der Waals surface area contributed by atoms with Gasteiger partial charge < -0.3 is 20.6 Å². The number of thioether (sulfide) groups is 1. The molecule has 98 valence electrons. The van der Waals surface area contributed by atoms with Gasteiger partial charge in [-0.1, -0.05) is 0 Å². The molecule has 0 saturated carbocycles. The second-order valence-electron chi connectivity index (χ2n) is 4.00. The lowest BCUT2D eigenvalue weighted by Crippen LogP contribution is -2.84. The van der Waals surface area contributed by atoms with Crippen LogP contribution in [0.25, 0.3) is 0 Å². The molecule has 0 aromatic rings. The van der Waals surface area contributed by atoms with Gasteiger partial charge in [-0.05, 0) is 0 Å². The highest BCUT2D eigenvalue weighted by atomic mass is 32.2. The number of fused-ring (bicyclic) bond motifs is 1. The SMILES string of the molecule is CC(=O)N[C@]1(NC=O)C(=O)N2C(C(=O)O)CS[C@H]21. The molecule has 2 saturated heterocycles. The van der Waals surface area contributed by atoms with E-state index in [0.29, 0.717) is 6.41 Å². The Hall–Kier alpha value is -1.77. The summed E-state index contributed by atoms with van der Waals surface area (Å²) in [5.41, 5.74) is -1.51. The number of carbonyl (C=O) groups excluding carboxylic acids is 3. The molecule has 0 aliphatic carbocycles. The number of carboxylic acid groups (broad SMARTS) is 1. The molecule has 3 atom stereocenters. The standard InChI is InChI=1S/C9H11N3O5S/c1-4(14)11-9(10-3-13)7(17)12-5(6(15)16)2-18-8(9)12/h3,5,8H,2H2,1H3,(H,10,13)(H,11,14)(H,15,16)/t5?,8-,9+/m0/s1. The number of hydrogen-bond acceptors (Lipinski definition) is 5. The lowest BCUT2D eigenvalue weighted by Gasteiger charge is -2.52. The third-order valence-electron chi connectivity index (χ3n) is 2.89. The predicted molar refractivity (Wildman–Crippen MR) is 60.3 cm³/mol. The maximum atomic E-state index is 12.0. The van der Waals surface area contributed by atoms with Crippen LogP contribution in [0.1, 0.15) is 6.92 Å². The van der Waals surface area contributed by atoms with E-state index in [1.54, 1.807) is 0 Å². The number of aliphatic carboxylic acids is 1. The zero-order chi connectivity index (χ0) is 13.5. The van der Waals surface area contributed by atoms with Gasteiger partial charge in [-0.25, -0.2) is 4.79 Å². The van der Waals surface area contributed by atoms with Gasteiger partial charge in [-0.3, -0.25) is 14.4 Å². The fourth-order valence-corrected chi connectivity index (χ4v) is 3.73. The normalized spacial score (nSPS) is 33.4. The average Bonchev–Trinajstić information content (AvgIpc) is 2.69. The molecular weight excluding hydrogens is 262 g/mol. The minimum Gasteiger partial charge on any atom is -0.480 e. The monoisotopic (exact) mass is 273 g/mol. The van der Waals surface area contributed by atoms with E-state index in [1.165, 1.54) is 23.6 Å². The lowest BCUT2D eigenvalue weighted by molar-refractivity contribution is -0.170. The van der Waals surface area contributed by atoms with Crippen molar-refractivity contribution in [2.75, 3.05) is 5.75 Å². The van der Waals surface area contributed by atoms with Crippen molar-refractivity contribution >= 4 is 36.0 Å². The van der Waals surface area contributed by atoms with Crippen molar-refractivity contribution in [2.45, 2.75) is 24.0 Å². The zero-order valence-corrected chi connectivity index (χ0v) is 10.2. The van der Waals surface area contributed by atoms with Gasteiger partial charge in [0.25, 0.3) is 5.91 Å². The Bertz CT molecular complexity index is 442. The maximum absolute atomic E-state index is 12.0. The van der Waals surface area contributed by atoms with Gasteiger partial charge in [0, 0.05) is 12.7 Å². The number of carbonyl (C=O) groups is 4. The Kier molecular flexibility index (Phi) is 2.93. The van der Waals surface area contributed by atoms with Crippen molar-refractivity contribution in [3.63, 3.8) is 0 Å². The Labute approximate surface area is 106 Å². The molecule has 1 unspecified atom stereocenters. The highest BCUT2D eigenvalue weighted by Gasteiger charge is 2.68. The summed E-state index contributed by atoms with van der Waals surface area (Å²) in [4.78, 5) is 45.8. The second-order valence-corrected chi connectivity index (χ2v) is 5.12. The van der Waals surface area contributed by atoms with Crippen molar-refractivity contribution < 1.29 is 24.3 Å². The summed E-state index contributed by atoms with van der Waals surface area (Å²) in [6.07, 6.45) is 0.319. The van der Waals surface area contributed by atoms with Gasteiger partial charge in [-0.15, -0.1) is 11.8 Å². The molecule has 8 nitrogen and oxygen atoms in total. The molecule has 0 aromatic heterocycles. The van der Waals surface area contributed by atoms with Crippen molar-refractivity contribution in [2.24, 2.45) is 0 Å². The second kappa shape index (κ2) is 4.16. The van der Waals surface area contributed by atoms with Crippen LogP contribution in [0, 0.1) is 0 Å². The Morgan fingerprint density at radius 2 is 2.28 bits per heavy atom. The summed E-state index contributed by atoms with van der Waals surface area (Å²) in [7, 11) is 0. The molecular formula is C9H11N3O5S. The number of nitrogens with zero attached hydrogens (tertiary/aromatic N) is 1. The van der Waals surface area contributed by atoms with E-state index in [9.17, 15) is 19.2 Å². The van der Waals surface area contributed by atoms with Gasteiger partial charge in [0.15, 0.2) is 0 Å². The first-order valence-corrected chi connectivity index (χ1v) is 6.16. The summed E-state index contributed by atoms with van der Waals surface area (Å²) >= 11 is 1.21. The van der Waals surface area contributed by atoms with Crippen LogP contribution in [0.3, 0.4) is 0 Å². The van der Waals surface area contributed by atoms with E-state index < -0.39 is 34.9 Å². The number of amides is 3. The fourth-order valence-electron chi connectivity index (χ4n) is 2.18. The maximum Gasteiger partial charge on any atom is 0.327 e. The topological polar surface area (TPSA) is 116 Å². The molecule has 18 heavy (non-hydrogen) atoms. The largest absolute Gasteiger partial charge is 0.480 e. The Balaban J connectivity index is 2.26. The van der Waals surface area contributed by atoms with E-state index in [2.05, 4.69) is 10.6 Å². The van der Waals surface area contributed by atoms with Crippen LogP contribution >= 0.6 is 11.8 Å². The number of carboxylic acids is 1. The van der Waals surface area contributed by atoms with Crippen LogP contribution in [0.2, 0.25) is 0 Å². The molecule has 3 amide bonds. The molecule has 0 bridgehead atoms. The summed E-state index contributed by atoms with van der Waals surface area (Å²) in [5.74, 6) is -1.95. The molecule has 2 rings (SSSR count). The fraction of sp³-hybridized carbons (Fsp3) is 0.556. The Morgan fingerprint density at radius 3 is 2.78 bits per heavy atom. The number of rotatable bonds is 4. The number of hydrogen-bond donors (Lipinski definition) is 3. The first kappa shape index (κ1) is 12.7. The molecule has 0 spiro atoms. The first-order chi connectivity index (χ1) is 8.44. The first-order valence-electron chi connectivity index (χ1n) is 5.11. The molecule has 0 radical (unpaired) electrons. The quantitative estimate of drug-likeness (QED) is 0.308. The number of β-lactam (4-membered cyclic amide) rings is 1. The van der Waals surface area contributed by atoms with Crippen molar-refractivity contribution in [3.8, 4) is 0 Å². The summed E-state index contributed by atoms with van der Waals surface area (Å²) in [6, 6.07) is -0.914. The lowest BCUT2D eigenvalue weighted by atomic mass is 9.96. The highest BCUT2D eigenvalue weighted by molar-refractivity contribution is 8.00. The van der Waals surface area contributed by atoms with E-state index in [4.69, 9.17) is 5.11 Å². The van der Waals surface area contributed by atoms with E-state index in [1.807, 2.05) is 0 Å². The number of nitrogens with one attached hydrogen (secondary N) is 2. The van der Waals surface area contributed by atoms with Crippen molar-refractivity contribution in [3.05, 3.63) is 0 Å². The van der Waals surface area contributed by atoms with Gasteiger partial charge in [0.05, 0.1) is 0 Å². The van der Waals surface area contributed by atoms with Crippen LogP contribution in [0.4, 0.5) is 0 Å². The van der Waals surface area contributed by atoms with Crippen LogP contribution < -0.4 is 10.6 Å². The minimum absolute atomic E-state index is 0.230. The van der Waals surface area contributed by atoms with Gasteiger partial charge >= 0.3 is 5.97 Å². The van der Waals surface area contributed by atoms with E-state index in [-0.39, 0.29) is 5.75 Å². The van der Waals surface area contributed by atoms with Gasteiger partial charge in [0.2, 0.25) is 18.0 Å². The summed E-state index contributed by atoms with van der Waals surface area (Å²) in [5, 5.41) is 13.0. The minimum atomic E-state index is -1.51. The smallest absolute Gasteiger partial charge is 0.327 e. The summed E-state index contributed by atoms with van der Waals surface area (Å²) in [6.45, 7) is 1.22. The van der Waals surface area contributed by atoms with Crippen LogP contribution in [0.5, 0.6) is 0 Å². The zero-order valence-electron chi connectivity index (χ0n) is 9.37. The molecule has 2 fully saturated rings.